The fourth-order valence-electron chi connectivity index (χ4n) is 5.20. The number of nitriles is 1. The number of amides is 2. The second kappa shape index (κ2) is 11.5. The fourth-order valence-corrected chi connectivity index (χ4v) is 5.20. The Morgan fingerprint density at radius 3 is 2.47 bits per heavy atom. The molecule has 3 atom stereocenters. The van der Waals surface area contributed by atoms with E-state index in [2.05, 4.69) is 15.6 Å². The molecule has 11 heteroatoms. The fraction of sp³-hybridized carbons (Fsp3) is 0.556. The number of H-pyrrole nitrogens is 1. The van der Waals surface area contributed by atoms with Crippen molar-refractivity contribution >= 4 is 28.5 Å². The van der Waals surface area contributed by atoms with Crippen molar-refractivity contribution in [1.82, 2.24) is 15.6 Å². The molecule has 0 radical (unpaired) electrons. The first kappa shape index (κ1) is 29.0. The number of Topliss-reactive ketones (excluding diaryl/α,β-unsaturated/α-hetero) is 1. The zero-order chi connectivity index (χ0) is 28.4. The van der Waals surface area contributed by atoms with Crippen molar-refractivity contribution in [2.45, 2.75) is 65.6 Å². The Morgan fingerprint density at radius 1 is 1.26 bits per heavy atom. The summed E-state index contributed by atoms with van der Waals surface area (Å²) >= 11 is 0. The van der Waals surface area contributed by atoms with E-state index in [0.717, 1.165) is 0 Å². The summed E-state index contributed by atoms with van der Waals surface area (Å²) in [6.07, 6.45) is -4.45. The van der Waals surface area contributed by atoms with Crippen molar-refractivity contribution in [1.29, 1.82) is 5.26 Å². The van der Waals surface area contributed by atoms with Crippen molar-refractivity contribution < 1.29 is 32.3 Å². The summed E-state index contributed by atoms with van der Waals surface area (Å²) < 4.78 is 48.3. The van der Waals surface area contributed by atoms with Gasteiger partial charge < -0.3 is 20.4 Å². The third kappa shape index (κ3) is 6.11. The second-order valence-electron chi connectivity index (χ2n) is 10.3. The smallest absolute Gasteiger partial charge is 0.419 e. The highest BCUT2D eigenvalue weighted by molar-refractivity contribution is 6.06. The number of nitrogens with zero attached hydrogens (tertiary/aromatic N) is 1. The number of ether oxygens (including phenoxy) is 1. The van der Waals surface area contributed by atoms with Gasteiger partial charge in [-0.05, 0) is 50.2 Å². The molecule has 2 heterocycles. The van der Waals surface area contributed by atoms with E-state index in [1.54, 1.807) is 19.9 Å². The van der Waals surface area contributed by atoms with Crippen molar-refractivity contribution in [3.05, 3.63) is 28.5 Å². The molecule has 0 spiro atoms. The molecule has 1 aliphatic heterocycles. The lowest BCUT2D eigenvalue weighted by atomic mass is 9.89. The Morgan fingerprint density at radius 2 is 1.95 bits per heavy atom. The zero-order valence-electron chi connectivity index (χ0n) is 22.1. The number of ketones is 1. The van der Waals surface area contributed by atoms with Crippen LogP contribution in [0.2, 0.25) is 0 Å². The average Bonchev–Trinajstić information content (AvgIpc) is 3.42. The van der Waals surface area contributed by atoms with Gasteiger partial charge in [-0.2, -0.15) is 18.4 Å². The van der Waals surface area contributed by atoms with Gasteiger partial charge >= 0.3 is 6.18 Å². The van der Waals surface area contributed by atoms with E-state index in [1.807, 2.05) is 19.9 Å². The van der Waals surface area contributed by atoms with E-state index in [1.165, 1.54) is 7.11 Å². The molecule has 0 aliphatic carbocycles. The molecular formula is C27H33F3N4O4. The molecule has 2 aromatic rings. The van der Waals surface area contributed by atoms with Gasteiger partial charge in [0.1, 0.15) is 11.8 Å². The van der Waals surface area contributed by atoms with Crippen molar-refractivity contribution in [3.8, 4) is 11.8 Å². The summed E-state index contributed by atoms with van der Waals surface area (Å²) in [6.45, 7) is 7.42. The summed E-state index contributed by atoms with van der Waals surface area (Å²) in [5.74, 6) is -3.05. The topological polar surface area (TPSA) is 124 Å². The Kier molecular flexibility index (Phi) is 8.75. The van der Waals surface area contributed by atoms with Crippen LogP contribution in [0.5, 0.6) is 5.75 Å². The maximum absolute atomic E-state index is 14.3. The van der Waals surface area contributed by atoms with Gasteiger partial charge in [-0.15, -0.1) is 0 Å². The van der Waals surface area contributed by atoms with E-state index in [0.29, 0.717) is 24.1 Å². The SMILES string of the molecule is COc1c(C)cc(C)c2[nH]c(C(=O)C[C@@H](CC(C)C)C(=O)N[C@H](C#N)C[C@@H]3CCNC3=O)c(C(F)(F)F)c12. The molecule has 0 bridgehead atoms. The molecular weight excluding hydrogens is 501 g/mol. The van der Waals surface area contributed by atoms with Gasteiger partial charge in [-0.25, -0.2) is 0 Å². The number of rotatable bonds is 10. The number of benzene rings is 1. The number of hydrogen-bond acceptors (Lipinski definition) is 5. The van der Waals surface area contributed by atoms with E-state index in [4.69, 9.17) is 4.74 Å². The number of hydrogen-bond donors (Lipinski definition) is 3. The van der Waals surface area contributed by atoms with Gasteiger partial charge in [0.15, 0.2) is 5.78 Å². The molecule has 0 unspecified atom stereocenters. The standard InChI is InChI=1S/C27H33F3N4O4/c1-13(2)8-17(26(37)33-18(12-31)10-16-6-7-32-25(16)36)11-19(35)23-21(27(28,29)30)20-22(34-23)14(3)9-15(4)24(20)38-5/h9,13,16-18,34H,6-8,10-11H2,1-5H3,(H,32,36)(H,33,37)/t16-,17+,18-/m0/s1. The quantitative estimate of drug-likeness (QED) is 0.385. The minimum atomic E-state index is -4.86. The number of methoxy groups -OCH3 is 1. The van der Waals surface area contributed by atoms with Crippen LogP contribution >= 0.6 is 0 Å². The summed E-state index contributed by atoms with van der Waals surface area (Å²) in [6, 6.07) is 2.69. The number of aromatic nitrogens is 1. The number of fused-ring (bicyclic) bond motifs is 1. The van der Waals surface area contributed by atoms with Gasteiger partial charge in [0.2, 0.25) is 11.8 Å². The molecule has 1 aromatic heterocycles. The van der Waals surface area contributed by atoms with Gasteiger partial charge in [-0.1, -0.05) is 19.9 Å². The summed E-state index contributed by atoms with van der Waals surface area (Å²) in [4.78, 5) is 41.1. The molecule has 1 fully saturated rings. The first-order valence-electron chi connectivity index (χ1n) is 12.6. The van der Waals surface area contributed by atoms with E-state index < -0.39 is 53.4 Å². The Hall–Kier alpha value is -3.55. The number of aromatic amines is 1. The van der Waals surface area contributed by atoms with Gasteiger partial charge in [0.05, 0.1) is 35.3 Å². The van der Waals surface area contributed by atoms with Crippen molar-refractivity contribution in [3.63, 3.8) is 0 Å². The van der Waals surface area contributed by atoms with E-state index in [-0.39, 0.29) is 41.3 Å². The minimum absolute atomic E-state index is 0.0255. The van der Waals surface area contributed by atoms with Crippen LogP contribution < -0.4 is 15.4 Å². The van der Waals surface area contributed by atoms with Crippen LogP contribution in [0.4, 0.5) is 13.2 Å². The highest BCUT2D eigenvalue weighted by Gasteiger charge is 2.41. The number of aryl methyl sites for hydroxylation is 2. The lowest BCUT2D eigenvalue weighted by molar-refractivity contribution is -0.136. The van der Waals surface area contributed by atoms with E-state index >= 15 is 0 Å². The summed E-state index contributed by atoms with van der Waals surface area (Å²) in [5, 5.41) is 14.6. The van der Waals surface area contributed by atoms with Crippen LogP contribution in [0.25, 0.3) is 10.9 Å². The molecule has 8 nitrogen and oxygen atoms in total. The molecule has 3 N–H and O–H groups in total. The number of carbonyl (C=O) groups excluding carboxylic acids is 3. The minimum Gasteiger partial charge on any atom is -0.496 e. The summed E-state index contributed by atoms with van der Waals surface area (Å²) in [5.41, 5.74) is -0.580. The highest BCUT2D eigenvalue weighted by atomic mass is 19.4. The normalized spacial score (nSPS) is 17.3. The number of nitrogens with one attached hydrogen (secondary N) is 3. The lowest BCUT2D eigenvalue weighted by Gasteiger charge is -2.21. The van der Waals surface area contributed by atoms with Crippen LogP contribution in [0.3, 0.4) is 0 Å². The number of carbonyl (C=O) groups is 3. The monoisotopic (exact) mass is 534 g/mol. The highest BCUT2D eigenvalue weighted by Crippen LogP contribution is 2.44. The maximum Gasteiger partial charge on any atom is 0.419 e. The maximum atomic E-state index is 14.3. The van der Waals surface area contributed by atoms with Gasteiger partial charge in [0.25, 0.3) is 0 Å². The third-order valence-electron chi connectivity index (χ3n) is 6.89. The third-order valence-corrected chi connectivity index (χ3v) is 6.89. The van der Waals surface area contributed by atoms with Crippen LogP contribution in [-0.2, 0) is 15.8 Å². The molecule has 2 amide bonds. The first-order chi connectivity index (χ1) is 17.8. The van der Waals surface area contributed by atoms with Crippen LogP contribution in [0, 0.1) is 42.9 Å². The molecule has 206 valence electrons. The zero-order valence-corrected chi connectivity index (χ0v) is 22.1. The largest absolute Gasteiger partial charge is 0.496 e. The van der Waals surface area contributed by atoms with Crippen LogP contribution in [-0.4, -0.2) is 42.3 Å². The van der Waals surface area contributed by atoms with Crippen LogP contribution in [0.1, 0.15) is 66.7 Å². The van der Waals surface area contributed by atoms with Gasteiger partial charge in [0, 0.05) is 24.8 Å². The van der Waals surface area contributed by atoms with Crippen molar-refractivity contribution in [2.75, 3.05) is 13.7 Å². The predicted molar refractivity (Wildman–Crippen MR) is 134 cm³/mol. The number of halogens is 3. The molecule has 3 rings (SSSR count). The predicted octanol–water partition coefficient (Wildman–Crippen LogP) is 4.58. The van der Waals surface area contributed by atoms with Gasteiger partial charge in [-0.3, -0.25) is 14.4 Å². The first-order valence-corrected chi connectivity index (χ1v) is 12.6. The molecule has 38 heavy (non-hydrogen) atoms. The average molecular weight is 535 g/mol. The number of alkyl halides is 3. The molecule has 1 aliphatic rings. The second-order valence-corrected chi connectivity index (χ2v) is 10.3. The Bertz CT molecular complexity index is 1280. The van der Waals surface area contributed by atoms with Crippen LogP contribution in [0.15, 0.2) is 6.07 Å². The lowest BCUT2D eigenvalue weighted by Crippen LogP contribution is -2.41. The molecule has 0 saturated carbocycles. The molecule has 1 aromatic carbocycles. The van der Waals surface area contributed by atoms with Crippen molar-refractivity contribution in [2.24, 2.45) is 17.8 Å². The Balaban J connectivity index is 1.94. The van der Waals surface area contributed by atoms with E-state index in [9.17, 15) is 32.8 Å². The Labute approximate surface area is 219 Å². The summed E-state index contributed by atoms with van der Waals surface area (Å²) in [7, 11) is 1.27. The molecule has 1 saturated heterocycles.